The van der Waals surface area contributed by atoms with Crippen LogP contribution in [0.4, 0.5) is 0 Å². The van der Waals surface area contributed by atoms with Crippen LogP contribution in [-0.2, 0) is 0 Å². The number of benzene rings is 1. The van der Waals surface area contributed by atoms with Crippen LogP contribution in [0, 0.1) is 0 Å². The lowest BCUT2D eigenvalue weighted by Crippen LogP contribution is -1.79. The largest absolute Gasteiger partial charge is 0.508 e. The van der Waals surface area contributed by atoms with Crippen molar-refractivity contribution in [2.45, 2.75) is 0 Å². The molecule has 19 heavy (non-hydrogen) atoms. The Morgan fingerprint density at radius 1 is 1.21 bits per heavy atom. The van der Waals surface area contributed by atoms with Crippen LogP contribution in [0.2, 0.25) is 0 Å². The lowest BCUT2D eigenvalue weighted by Gasteiger charge is -1.98. The second kappa shape index (κ2) is 4.67. The number of thiophene rings is 1. The minimum atomic E-state index is -0.109. The Kier molecular flexibility index (Phi) is 3.00. The zero-order chi connectivity index (χ0) is 13.4. The summed E-state index contributed by atoms with van der Waals surface area (Å²) in [7, 11) is 0. The zero-order valence-corrected chi connectivity index (χ0v) is 11.8. The maximum absolute atomic E-state index is 9.74. The van der Waals surface area contributed by atoms with E-state index >= 15 is 0 Å². The molecule has 0 amide bonds. The van der Waals surface area contributed by atoms with Crippen LogP contribution < -0.4 is 0 Å². The van der Waals surface area contributed by atoms with Gasteiger partial charge in [0.05, 0.1) is 10.4 Å². The summed E-state index contributed by atoms with van der Waals surface area (Å²) in [6, 6.07) is 6.07. The van der Waals surface area contributed by atoms with Crippen LogP contribution in [0.3, 0.4) is 0 Å². The SMILES string of the molecule is Oc1ccc(-c2nc(-c3cc(Br)cs3)no2)c(O)c1. The van der Waals surface area contributed by atoms with Crippen molar-refractivity contribution in [1.29, 1.82) is 0 Å². The molecule has 0 aliphatic carbocycles. The third kappa shape index (κ3) is 2.34. The van der Waals surface area contributed by atoms with Gasteiger partial charge in [0.1, 0.15) is 11.5 Å². The lowest BCUT2D eigenvalue weighted by molar-refractivity contribution is 0.423. The van der Waals surface area contributed by atoms with Crippen LogP contribution in [0.15, 0.2) is 38.6 Å². The molecular weight excluding hydrogens is 332 g/mol. The van der Waals surface area contributed by atoms with Crippen LogP contribution in [0.25, 0.3) is 22.2 Å². The van der Waals surface area contributed by atoms with E-state index in [1.165, 1.54) is 29.5 Å². The third-order valence-electron chi connectivity index (χ3n) is 2.43. The van der Waals surface area contributed by atoms with E-state index in [1.54, 1.807) is 0 Å². The highest BCUT2D eigenvalue weighted by atomic mass is 79.9. The van der Waals surface area contributed by atoms with Gasteiger partial charge in [-0.05, 0) is 34.1 Å². The first-order chi connectivity index (χ1) is 9.13. The molecule has 5 nitrogen and oxygen atoms in total. The Labute approximate surface area is 120 Å². The average Bonchev–Trinajstić information content (AvgIpc) is 2.97. The smallest absolute Gasteiger partial charge is 0.262 e. The fraction of sp³-hybridized carbons (Fsp3) is 0. The van der Waals surface area contributed by atoms with Gasteiger partial charge in [0.2, 0.25) is 5.82 Å². The molecule has 0 radical (unpaired) electrons. The van der Waals surface area contributed by atoms with Crippen LogP contribution in [0.5, 0.6) is 11.5 Å². The Bertz CT molecular complexity index is 738. The molecule has 0 atom stereocenters. The molecule has 0 fully saturated rings. The average molecular weight is 339 g/mol. The van der Waals surface area contributed by atoms with Gasteiger partial charge in [0.15, 0.2) is 0 Å². The molecule has 0 spiro atoms. The highest BCUT2D eigenvalue weighted by Gasteiger charge is 2.15. The number of rotatable bonds is 2. The molecule has 96 valence electrons. The third-order valence-corrected chi connectivity index (χ3v) is 4.11. The van der Waals surface area contributed by atoms with Gasteiger partial charge >= 0.3 is 0 Å². The molecule has 2 aromatic heterocycles. The van der Waals surface area contributed by atoms with Gasteiger partial charge < -0.3 is 14.7 Å². The summed E-state index contributed by atoms with van der Waals surface area (Å²) in [6.07, 6.45) is 0. The predicted octanol–water partition coefficient (Wildman–Crippen LogP) is 3.64. The molecule has 1 aromatic carbocycles. The van der Waals surface area contributed by atoms with E-state index in [0.717, 1.165) is 9.35 Å². The van der Waals surface area contributed by atoms with E-state index in [4.69, 9.17) is 4.52 Å². The highest BCUT2D eigenvalue weighted by molar-refractivity contribution is 9.10. The van der Waals surface area contributed by atoms with Crippen molar-refractivity contribution in [3.63, 3.8) is 0 Å². The molecule has 0 unspecified atom stereocenters. The Hall–Kier alpha value is -1.86. The van der Waals surface area contributed by atoms with Gasteiger partial charge in [-0.25, -0.2) is 0 Å². The summed E-state index contributed by atoms with van der Waals surface area (Å²) in [5.74, 6) is 0.529. The Morgan fingerprint density at radius 2 is 2.05 bits per heavy atom. The molecule has 2 N–H and O–H groups in total. The zero-order valence-electron chi connectivity index (χ0n) is 9.37. The molecule has 2 heterocycles. The minimum Gasteiger partial charge on any atom is -0.508 e. The van der Waals surface area contributed by atoms with Crippen LogP contribution in [0.1, 0.15) is 0 Å². The number of phenolic OH excluding ortho intramolecular Hbond substituents is 2. The van der Waals surface area contributed by atoms with E-state index in [0.29, 0.717) is 11.4 Å². The summed E-state index contributed by atoms with van der Waals surface area (Å²) in [6.45, 7) is 0. The summed E-state index contributed by atoms with van der Waals surface area (Å²) in [5.41, 5.74) is 0.382. The first kappa shape index (κ1) is 12.2. The maximum atomic E-state index is 9.74. The van der Waals surface area contributed by atoms with E-state index in [2.05, 4.69) is 26.1 Å². The molecule has 0 aliphatic heterocycles. The standard InChI is InChI=1S/C12H7BrN2O3S/c13-6-3-10(19-5-6)11-14-12(18-15-11)8-2-1-7(16)4-9(8)17/h1-5,16-17H. The molecule has 0 aliphatic rings. The number of halogens is 1. The predicted molar refractivity (Wildman–Crippen MR) is 74.1 cm³/mol. The minimum absolute atomic E-state index is 0.0248. The molecule has 7 heteroatoms. The van der Waals surface area contributed by atoms with Crippen LogP contribution >= 0.6 is 27.3 Å². The van der Waals surface area contributed by atoms with Gasteiger partial charge in [0, 0.05) is 15.9 Å². The number of phenols is 2. The number of nitrogens with zero attached hydrogens (tertiary/aromatic N) is 2. The van der Waals surface area contributed by atoms with Gasteiger partial charge in [-0.2, -0.15) is 4.98 Å². The van der Waals surface area contributed by atoms with Crippen molar-refractivity contribution < 1.29 is 14.7 Å². The molecule has 0 saturated carbocycles. The topological polar surface area (TPSA) is 79.4 Å². The highest BCUT2D eigenvalue weighted by Crippen LogP contribution is 2.33. The molecule has 0 saturated heterocycles. The number of aromatic hydroxyl groups is 2. The summed E-state index contributed by atoms with van der Waals surface area (Å²) < 4.78 is 6.07. The van der Waals surface area contributed by atoms with Gasteiger partial charge in [0.25, 0.3) is 5.89 Å². The summed E-state index contributed by atoms with van der Waals surface area (Å²) >= 11 is 4.84. The summed E-state index contributed by atoms with van der Waals surface area (Å²) in [4.78, 5) is 5.09. The van der Waals surface area contributed by atoms with Crippen molar-refractivity contribution in [2.24, 2.45) is 0 Å². The van der Waals surface area contributed by atoms with Gasteiger partial charge in [-0.3, -0.25) is 0 Å². The van der Waals surface area contributed by atoms with E-state index in [1.807, 2.05) is 11.4 Å². The number of hydrogen-bond donors (Lipinski definition) is 2. The number of aromatic nitrogens is 2. The van der Waals surface area contributed by atoms with Crippen molar-refractivity contribution in [2.75, 3.05) is 0 Å². The fourth-order valence-electron chi connectivity index (χ4n) is 1.56. The molecular formula is C12H7BrN2O3S. The monoisotopic (exact) mass is 338 g/mol. The Balaban J connectivity index is 2.01. The first-order valence-electron chi connectivity index (χ1n) is 5.24. The summed E-state index contributed by atoms with van der Waals surface area (Å²) in [5, 5.41) is 24.8. The van der Waals surface area contributed by atoms with Gasteiger partial charge in [-0.15, -0.1) is 11.3 Å². The second-order valence-electron chi connectivity index (χ2n) is 3.75. The lowest BCUT2D eigenvalue weighted by atomic mass is 10.2. The second-order valence-corrected chi connectivity index (χ2v) is 5.58. The Morgan fingerprint density at radius 3 is 2.74 bits per heavy atom. The van der Waals surface area contributed by atoms with Crippen molar-refractivity contribution >= 4 is 27.3 Å². The van der Waals surface area contributed by atoms with Crippen molar-refractivity contribution in [3.05, 3.63) is 34.1 Å². The molecule has 3 aromatic rings. The molecule has 0 bridgehead atoms. The van der Waals surface area contributed by atoms with Crippen LogP contribution in [-0.4, -0.2) is 20.4 Å². The maximum Gasteiger partial charge on any atom is 0.262 e. The van der Waals surface area contributed by atoms with E-state index < -0.39 is 0 Å². The fourth-order valence-corrected chi connectivity index (χ4v) is 2.92. The van der Waals surface area contributed by atoms with E-state index in [9.17, 15) is 10.2 Å². The number of hydrogen-bond acceptors (Lipinski definition) is 6. The molecule has 3 rings (SSSR count). The first-order valence-corrected chi connectivity index (χ1v) is 6.91. The normalized spacial score (nSPS) is 10.8. The van der Waals surface area contributed by atoms with E-state index in [-0.39, 0.29) is 17.4 Å². The quantitative estimate of drug-likeness (QED) is 0.745. The van der Waals surface area contributed by atoms with Gasteiger partial charge in [-0.1, -0.05) is 5.16 Å². The van der Waals surface area contributed by atoms with Crippen molar-refractivity contribution in [3.8, 4) is 33.7 Å². The van der Waals surface area contributed by atoms with Crippen molar-refractivity contribution in [1.82, 2.24) is 10.1 Å².